The van der Waals surface area contributed by atoms with Crippen LogP contribution in [-0.4, -0.2) is 47.4 Å². The van der Waals surface area contributed by atoms with Crippen molar-refractivity contribution >= 4 is 11.9 Å². The summed E-state index contributed by atoms with van der Waals surface area (Å²) in [6.07, 6.45) is 73.7. The maximum atomic E-state index is 12.4. The molecule has 0 aromatic heterocycles. The average Bonchev–Trinajstić information content (AvgIpc) is 3.36. The van der Waals surface area contributed by atoms with Crippen LogP contribution < -0.4 is 5.32 Å². The lowest BCUT2D eigenvalue weighted by molar-refractivity contribution is -0.143. The summed E-state index contributed by atoms with van der Waals surface area (Å²) in [6, 6.07) is -0.630. The van der Waals surface area contributed by atoms with Crippen LogP contribution in [0, 0.1) is 0 Å². The summed E-state index contributed by atoms with van der Waals surface area (Å²) in [5.41, 5.74) is 0. The number of nitrogens with one attached hydrogen (secondary N) is 1. The molecule has 0 aromatic rings. The fraction of sp³-hybridized carbons (Fsp3) is 0.906. The number of esters is 1. The second-order valence-electron chi connectivity index (χ2n) is 21.7. The minimum atomic E-state index is -0.846. The van der Waals surface area contributed by atoms with Gasteiger partial charge in [-0.2, -0.15) is 0 Å². The van der Waals surface area contributed by atoms with E-state index in [1.807, 2.05) is 6.08 Å². The monoisotopic (exact) mass is 986 g/mol. The van der Waals surface area contributed by atoms with Gasteiger partial charge < -0.3 is 20.3 Å². The number of amides is 1. The third-order valence-corrected chi connectivity index (χ3v) is 14.7. The molecule has 6 nitrogen and oxygen atoms in total. The van der Waals surface area contributed by atoms with Gasteiger partial charge in [0.15, 0.2) is 0 Å². The van der Waals surface area contributed by atoms with Crippen LogP contribution in [0.1, 0.15) is 348 Å². The molecule has 2 unspecified atom stereocenters. The van der Waals surface area contributed by atoms with E-state index in [1.165, 1.54) is 283 Å². The highest BCUT2D eigenvalue weighted by Crippen LogP contribution is 2.17. The highest BCUT2D eigenvalue weighted by Gasteiger charge is 2.18. The van der Waals surface area contributed by atoms with E-state index in [-0.39, 0.29) is 18.5 Å². The van der Waals surface area contributed by atoms with Crippen molar-refractivity contribution in [1.82, 2.24) is 5.32 Å². The molecule has 0 saturated heterocycles. The molecule has 1 amide bonds. The van der Waals surface area contributed by atoms with Gasteiger partial charge in [-0.25, -0.2) is 0 Å². The lowest BCUT2D eigenvalue weighted by Crippen LogP contribution is -2.45. The lowest BCUT2D eigenvalue weighted by Gasteiger charge is -2.20. The van der Waals surface area contributed by atoms with Gasteiger partial charge in [0, 0.05) is 12.8 Å². The Bertz CT molecular complexity index is 1090. The number of hydrogen-bond acceptors (Lipinski definition) is 5. The third-order valence-electron chi connectivity index (χ3n) is 14.7. The van der Waals surface area contributed by atoms with Crippen LogP contribution in [0.3, 0.4) is 0 Å². The zero-order valence-electron chi connectivity index (χ0n) is 47.3. The summed E-state index contributed by atoms with van der Waals surface area (Å²) in [6.45, 7) is 4.92. The van der Waals surface area contributed by atoms with E-state index in [2.05, 4.69) is 31.3 Å². The molecule has 0 spiro atoms. The van der Waals surface area contributed by atoms with E-state index in [9.17, 15) is 19.8 Å². The number of aliphatic hydroxyl groups excluding tert-OH is 2. The summed E-state index contributed by atoms with van der Waals surface area (Å²) < 4.78 is 5.50. The Labute approximate surface area is 437 Å². The van der Waals surface area contributed by atoms with Crippen LogP contribution in [0.5, 0.6) is 0 Å². The molecule has 0 aliphatic heterocycles. The summed E-state index contributed by atoms with van der Waals surface area (Å²) >= 11 is 0. The van der Waals surface area contributed by atoms with Crippen LogP contribution in [0.4, 0.5) is 0 Å². The maximum Gasteiger partial charge on any atom is 0.305 e. The first kappa shape index (κ1) is 68.3. The number of carbonyl (C=O) groups excluding carboxylic acids is 2. The fourth-order valence-corrected chi connectivity index (χ4v) is 9.87. The standard InChI is InChI=1S/C64H123NO5/c1-3-5-7-9-11-13-15-17-18-27-31-34-38-42-46-50-54-58-64(69)70-59-55-51-47-43-39-35-32-29-26-24-22-20-19-21-23-25-28-30-33-37-41-45-49-53-57-63(68)65-61(60-66)62(67)56-52-48-44-40-36-16-14-12-10-8-6-4-2/h21,23,52,56,61-62,66-67H,3-20,22,24-51,53-55,57-60H2,1-2H3,(H,65,68)/b23-21-,56-52+. The number of aliphatic hydroxyl groups is 2. The van der Waals surface area contributed by atoms with Gasteiger partial charge >= 0.3 is 5.97 Å². The SMILES string of the molecule is CCCCCCCCCCCC/C=C/C(O)C(CO)NC(=O)CCCCCCCCCC/C=C\CCCCCCCCCCCCCCOC(=O)CCCCCCCCCCCCCCCCCCC. The first-order valence-electron chi connectivity index (χ1n) is 31.6. The second-order valence-corrected chi connectivity index (χ2v) is 21.7. The van der Waals surface area contributed by atoms with Crippen LogP contribution in [0.2, 0.25) is 0 Å². The van der Waals surface area contributed by atoms with Crippen LogP contribution >= 0.6 is 0 Å². The molecule has 0 radical (unpaired) electrons. The molecule has 3 N–H and O–H groups in total. The van der Waals surface area contributed by atoms with Crippen molar-refractivity contribution in [3.8, 4) is 0 Å². The van der Waals surface area contributed by atoms with Gasteiger partial charge in [0.2, 0.25) is 5.91 Å². The van der Waals surface area contributed by atoms with Gasteiger partial charge in [-0.05, 0) is 57.8 Å². The van der Waals surface area contributed by atoms with Gasteiger partial charge in [0.05, 0.1) is 25.4 Å². The number of carbonyl (C=O) groups is 2. The molecule has 6 heteroatoms. The molecule has 70 heavy (non-hydrogen) atoms. The van der Waals surface area contributed by atoms with Crippen LogP contribution in [0.25, 0.3) is 0 Å². The third kappa shape index (κ3) is 55.7. The summed E-state index contributed by atoms with van der Waals surface area (Å²) in [7, 11) is 0. The van der Waals surface area contributed by atoms with E-state index in [1.54, 1.807) is 6.08 Å². The molecule has 2 atom stereocenters. The van der Waals surface area contributed by atoms with E-state index in [0.29, 0.717) is 19.4 Å². The molecule has 0 fully saturated rings. The van der Waals surface area contributed by atoms with Crippen molar-refractivity contribution in [3.05, 3.63) is 24.3 Å². The Hall–Kier alpha value is -1.66. The smallest absolute Gasteiger partial charge is 0.305 e. The topological polar surface area (TPSA) is 95.9 Å². The van der Waals surface area contributed by atoms with E-state index >= 15 is 0 Å². The highest BCUT2D eigenvalue weighted by atomic mass is 16.5. The molecular weight excluding hydrogens is 863 g/mol. The molecule has 0 rings (SSSR count). The zero-order valence-corrected chi connectivity index (χ0v) is 47.3. The average molecular weight is 987 g/mol. The largest absolute Gasteiger partial charge is 0.466 e. The van der Waals surface area contributed by atoms with Crippen molar-refractivity contribution in [3.63, 3.8) is 0 Å². The summed E-state index contributed by atoms with van der Waals surface area (Å²) in [5.74, 6) is -0.0559. The Kier molecular flexibility index (Phi) is 58.5. The maximum absolute atomic E-state index is 12.4. The fourth-order valence-electron chi connectivity index (χ4n) is 9.87. The Morgan fingerprint density at radius 3 is 1.01 bits per heavy atom. The van der Waals surface area contributed by atoms with Gasteiger partial charge in [0.1, 0.15) is 0 Å². The Morgan fingerprint density at radius 1 is 0.386 bits per heavy atom. The quantitative estimate of drug-likeness (QED) is 0.0321. The zero-order chi connectivity index (χ0) is 50.7. The van der Waals surface area contributed by atoms with E-state index in [0.717, 1.165) is 38.5 Å². The highest BCUT2D eigenvalue weighted by molar-refractivity contribution is 5.76. The van der Waals surface area contributed by atoms with Crippen LogP contribution in [0.15, 0.2) is 24.3 Å². The van der Waals surface area contributed by atoms with Gasteiger partial charge in [0.25, 0.3) is 0 Å². The Morgan fingerprint density at radius 2 is 0.671 bits per heavy atom. The molecule has 0 saturated carbocycles. The van der Waals surface area contributed by atoms with Crippen LogP contribution in [-0.2, 0) is 14.3 Å². The van der Waals surface area contributed by atoms with Gasteiger partial charge in [-0.15, -0.1) is 0 Å². The molecule has 0 heterocycles. The van der Waals surface area contributed by atoms with Crippen molar-refractivity contribution in [2.75, 3.05) is 13.2 Å². The molecular formula is C64H123NO5. The van der Waals surface area contributed by atoms with Crippen molar-refractivity contribution < 1.29 is 24.5 Å². The van der Waals surface area contributed by atoms with Gasteiger partial charge in [-0.1, -0.05) is 301 Å². The lowest BCUT2D eigenvalue weighted by atomic mass is 10.0. The normalized spacial score (nSPS) is 12.7. The first-order valence-corrected chi connectivity index (χ1v) is 31.6. The first-order chi connectivity index (χ1) is 34.5. The van der Waals surface area contributed by atoms with Crippen molar-refractivity contribution in [2.45, 2.75) is 360 Å². The summed E-state index contributed by atoms with van der Waals surface area (Å²) in [5, 5.41) is 23.0. The predicted octanol–water partition coefficient (Wildman–Crippen LogP) is 19.8. The minimum Gasteiger partial charge on any atom is -0.466 e. The Balaban J connectivity index is 3.38. The van der Waals surface area contributed by atoms with Gasteiger partial charge in [-0.3, -0.25) is 9.59 Å². The predicted molar refractivity (Wildman–Crippen MR) is 306 cm³/mol. The second kappa shape index (κ2) is 59.9. The molecule has 414 valence electrons. The molecule has 0 bridgehead atoms. The van der Waals surface area contributed by atoms with E-state index < -0.39 is 12.1 Å². The summed E-state index contributed by atoms with van der Waals surface area (Å²) in [4.78, 5) is 24.5. The minimum absolute atomic E-state index is 0.0163. The number of ether oxygens (including phenoxy) is 1. The molecule has 0 aromatic carbocycles. The number of hydrogen-bond donors (Lipinski definition) is 3. The molecule has 0 aliphatic rings. The van der Waals surface area contributed by atoms with Crippen molar-refractivity contribution in [1.29, 1.82) is 0 Å². The number of unbranched alkanes of at least 4 members (excludes halogenated alkanes) is 46. The molecule has 0 aliphatic carbocycles. The van der Waals surface area contributed by atoms with Crippen molar-refractivity contribution in [2.24, 2.45) is 0 Å². The van der Waals surface area contributed by atoms with E-state index in [4.69, 9.17) is 4.74 Å². The number of allylic oxidation sites excluding steroid dienone is 3. The number of rotatable bonds is 59.